The summed E-state index contributed by atoms with van der Waals surface area (Å²) in [6.45, 7) is 13.6. The Morgan fingerprint density at radius 1 is 1.09 bits per heavy atom. The van der Waals surface area contributed by atoms with E-state index in [1.165, 1.54) is 24.3 Å². The Morgan fingerprint density at radius 2 is 1.62 bits per heavy atom. The molecule has 7 nitrogen and oxygen atoms in total. The van der Waals surface area contributed by atoms with Gasteiger partial charge in [-0.3, -0.25) is 14.9 Å². The lowest BCUT2D eigenvalue weighted by molar-refractivity contribution is -0.384. The number of carbonyl (C=O) groups excluding carboxylic acids is 1. The first-order chi connectivity index (χ1) is 14.6. The first kappa shape index (κ1) is 24.6. The van der Waals surface area contributed by atoms with Crippen LogP contribution >= 0.6 is 0 Å². The van der Waals surface area contributed by atoms with Gasteiger partial charge in [0.25, 0.3) is 11.6 Å². The number of anilines is 1. The second-order valence-electron chi connectivity index (χ2n) is 9.84. The molecule has 0 heterocycles. The second-order valence-corrected chi connectivity index (χ2v) is 9.84. The molecule has 0 atom stereocenters. The number of non-ortho nitro benzene ring substituents is 1. The zero-order valence-corrected chi connectivity index (χ0v) is 19.5. The summed E-state index contributed by atoms with van der Waals surface area (Å²) < 4.78 is 0. The molecule has 2 rings (SSSR count). The van der Waals surface area contributed by atoms with Gasteiger partial charge in [-0.1, -0.05) is 47.6 Å². The van der Waals surface area contributed by atoms with Crippen molar-refractivity contribution in [2.45, 2.75) is 59.3 Å². The Bertz CT molecular complexity index is 1110. The van der Waals surface area contributed by atoms with Crippen LogP contribution in [0.4, 0.5) is 11.4 Å². The summed E-state index contributed by atoms with van der Waals surface area (Å²) in [6.07, 6.45) is 1.46. The fourth-order valence-corrected chi connectivity index (χ4v) is 3.25. The number of nitro groups is 1. The monoisotopic (exact) mass is 435 g/mol. The molecule has 0 saturated carbocycles. The van der Waals surface area contributed by atoms with E-state index in [9.17, 15) is 25.3 Å². The van der Waals surface area contributed by atoms with E-state index >= 15 is 0 Å². The number of aryl methyl sites for hydroxylation is 1. The number of hydrogen-bond donors (Lipinski definition) is 2. The number of rotatable bonds is 4. The third-order valence-electron chi connectivity index (χ3n) is 5.10. The number of benzene rings is 2. The standard InChI is InChI=1S/C25H29N3O4/c1-15-8-9-18(28(31)32)13-21(15)27-23(30)17(14-26)10-16-11-19(24(2,3)4)22(29)20(12-16)25(5,6)7/h8-13,29H,1-7H3,(H,27,30)/b17-10-. The highest BCUT2D eigenvalue weighted by Crippen LogP contribution is 2.40. The maximum atomic E-state index is 12.8. The smallest absolute Gasteiger partial charge is 0.271 e. The molecule has 0 aromatic heterocycles. The van der Waals surface area contributed by atoms with Gasteiger partial charge in [0.15, 0.2) is 0 Å². The van der Waals surface area contributed by atoms with E-state index in [1.807, 2.05) is 47.6 Å². The SMILES string of the molecule is Cc1ccc([N+](=O)[O-])cc1NC(=O)/C(C#N)=C\c1cc(C(C)(C)C)c(O)c(C(C)(C)C)c1. The molecule has 0 spiro atoms. The Hall–Kier alpha value is -3.66. The molecular formula is C25H29N3O4. The Morgan fingerprint density at radius 3 is 2.06 bits per heavy atom. The van der Waals surface area contributed by atoms with Crippen molar-refractivity contribution in [3.63, 3.8) is 0 Å². The maximum Gasteiger partial charge on any atom is 0.271 e. The van der Waals surface area contributed by atoms with Crippen LogP contribution in [0.1, 0.15) is 63.8 Å². The van der Waals surface area contributed by atoms with Gasteiger partial charge < -0.3 is 10.4 Å². The lowest BCUT2D eigenvalue weighted by Crippen LogP contribution is -2.18. The molecule has 1 amide bonds. The Balaban J connectivity index is 2.54. The van der Waals surface area contributed by atoms with Gasteiger partial charge >= 0.3 is 0 Å². The van der Waals surface area contributed by atoms with Crippen molar-refractivity contribution in [3.8, 4) is 11.8 Å². The Labute approximate surface area is 188 Å². The molecule has 0 fully saturated rings. The van der Waals surface area contributed by atoms with E-state index in [1.54, 1.807) is 19.1 Å². The summed E-state index contributed by atoms with van der Waals surface area (Å²) in [7, 11) is 0. The zero-order chi connectivity index (χ0) is 24.4. The van der Waals surface area contributed by atoms with Crippen LogP contribution in [0.15, 0.2) is 35.9 Å². The molecule has 2 N–H and O–H groups in total. The van der Waals surface area contributed by atoms with Crippen LogP contribution in [0, 0.1) is 28.4 Å². The third kappa shape index (κ3) is 5.52. The van der Waals surface area contributed by atoms with Crippen molar-refractivity contribution in [2.75, 3.05) is 5.32 Å². The van der Waals surface area contributed by atoms with Crippen LogP contribution in [0.2, 0.25) is 0 Å². The van der Waals surface area contributed by atoms with Gasteiger partial charge in [-0.25, -0.2) is 0 Å². The summed E-state index contributed by atoms with van der Waals surface area (Å²) >= 11 is 0. The van der Waals surface area contributed by atoms with Crippen molar-refractivity contribution >= 4 is 23.4 Å². The number of hydrogen-bond acceptors (Lipinski definition) is 5. The zero-order valence-electron chi connectivity index (χ0n) is 19.5. The molecule has 7 heteroatoms. The average molecular weight is 436 g/mol. The van der Waals surface area contributed by atoms with E-state index in [0.29, 0.717) is 22.3 Å². The van der Waals surface area contributed by atoms with Crippen molar-refractivity contribution in [3.05, 3.63) is 68.3 Å². The first-order valence-corrected chi connectivity index (χ1v) is 10.2. The van der Waals surface area contributed by atoms with Crippen LogP contribution in [0.3, 0.4) is 0 Å². The molecule has 0 aliphatic rings. The number of nitriles is 1. The lowest BCUT2D eigenvalue weighted by Gasteiger charge is -2.28. The number of nitro benzene ring substituents is 1. The van der Waals surface area contributed by atoms with Gasteiger partial charge in [0.2, 0.25) is 0 Å². The van der Waals surface area contributed by atoms with Crippen LogP contribution in [-0.4, -0.2) is 15.9 Å². The summed E-state index contributed by atoms with van der Waals surface area (Å²) in [5, 5.41) is 34.1. The number of phenolic OH excluding ortho intramolecular Hbond substituents is 1. The fourth-order valence-electron chi connectivity index (χ4n) is 3.25. The summed E-state index contributed by atoms with van der Waals surface area (Å²) in [5.74, 6) is -0.462. The molecule has 168 valence electrons. The predicted molar refractivity (Wildman–Crippen MR) is 126 cm³/mol. The van der Waals surface area contributed by atoms with Gasteiger partial charge in [-0.05, 0) is 47.1 Å². The quantitative estimate of drug-likeness (QED) is 0.274. The molecule has 2 aromatic rings. The molecule has 0 aliphatic carbocycles. The second kappa shape index (κ2) is 8.83. The Kier molecular flexibility index (Phi) is 6.79. The minimum atomic E-state index is -0.668. The van der Waals surface area contributed by atoms with Crippen molar-refractivity contribution < 1.29 is 14.8 Å². The number of amides is 1. The minimum absolute atomic E-state index is 0.152. The number of aromatic hydroxyl groups is 1. The summed E-state index contributed by atoms with van der Waals surface area (Å²) in [6, 6.07) is 9.60. The van der Waals surface area contributed by atoms with Crippen molar-refractivity contribution in [2.24, 2.45) is 0 Å². The lowest BCUT2D eigenvalue weighted by atomic mass is 9.78. The van der Waals surface area contributed by atoms with Gasteiger partial charge in [-0.2, -0.15) is 5.26 Å². The summed E-state index contributed by atoms with van der Waals surface area (Å²) in [5.41, 5.74) is 1.91. The first-order valence-electron chi connectivity index (χ1n) is 10.2. The molecule has 2 aromatic carbocycles. The van der Waals surface area contributed by atoms with Crippen LogP contribution in [0.5, 0.6) is 5.75 Å². The topological polar surface area (TPSA) is 116 Å². The molecule has 0 unspecified atom stereocenters. The predicted octanol–water partition coefficient (Wildman–Crippen LogP) is 5.75. The molecule has 0 radical (unpaired) electrons. The number of phenols is 1. The third-order valence-corrected chi connectivity index (χ3v) is 5.10. The highest BCUT2D eigenvalue weighted by atomic mass is 16.6. The number of nitrogens with one attached hydrogen (secondary N) is 1. The van der Waals surface area contributed by atoms with Crippen molar-refractivity contribution in [1.82, 2.24) is 0 Å². The van der Waals surface area contributed by atoms with Gasteiger partial charge in [0.1, 0.15) is 17.4 Å². The van der Waals surface area contributed by atoms with Crippen molar-refractivity contribution in [1.29, 1.82) is 5.26 Å². The fraction of sp³-hybridized carbons (Fsp3) is 0.360. The summed E-state index contributed by atoms with van der Waals surface area (Å²) in [4.78, 5) is 23.3. The van der Waals surface area contributed by atoms with Crippen LogP contribution in [0.25, 0.3) is 6.08 Å². The van der Waals surface area contributed by atoms with Gasteiger partial charge in [0, 0.05) is 23.3 Å². The van der Waals surface area contributed by atoms with E-state index in [0.717, 1.165) is 0 Å². The van der Waals surface area contributed by atoms with Gasteiger partial charge in [-0.15, -0.1) is 0 Å². The van der Waals surface area contributed by atoms with Crippen LogP contribution in [-0.2, 0) is 15.6 Å². The average Bonchev–Trinajstić information content (AvgIpc) is 2.66. The van der Waals surface area contributed by atoms with E-state index in [-0.39, 0.29) is 33.5 Å². The molecular weight excluding hydrogens is 406 g/mol. The maximum absolute atomic E-state index is 12.8. The minimum Gasteiger partial charge on any atom is -0.507 e. The number of nitrogens with zero attached hydrogens (tertiary/aromatic N) is 2. The van der Waals surface area contributed by atoms with E-state index in [2.05, 4.69) is 5.32 Å². The normalized spacial score (nSPS) is 12.2. The number of carbonyl (C=O) groups is 1. The molecule has 0 bridgehead atoms. The van der Waals surface area contributed by atoms with Crippen LogP contribution < -0.4 is 5.32 Å². The molecule has 0 aliphatic heterocycles. The largest absolute Gasteiger partial charge is 0.507 e. The molecule has 32 heavy (non-hydrogen) atoms. The highest BCUT2D eigenvalue weighted by Gasteiger charge is 2.26. The van der Waals surface area contributed by atoms with Gasteiger partial charge in [0.05, 0.1) is 10.6 Å². The molecule has 0 saturated heterocycles. The van der Waals surface area contributed by atoms with E-state index < -0.39 is 10.8 Å². The van der Waals surface area contributed by atoms with E-state index in [4.69, 9.17) is 0 Å². The highest BCUT2D eigenvalue weighted by molar-refractivity contribution is 6.10.